The van der Waals surface area contributed by atoms with Crippen molar-refractivity contribution in [1.29, 1.82) is 0 Å². The number of benzene rings is 3. The van der Waals surface area contributed by atoms with Crippen LogP contribution in [0.2, 0.25) is 0 Å². The Hall–Kier alpha value is -3.31. The van der Waals surface area contributed by atoms with E-state index >= 15 is 0 Å². The number of ether oxygens (including phenoxy) is 2. The molecule has 2 aliphatic rings. The molecule has 5 rings (SSSR count). The van der Waals surface area contributed by atoms with E-state index in [1.807, 2.05) is 72.8 Å². The van der Waals surface area contributed by atoms with Crippen molar-refractivity contribution in [2.45, 2.75) is 50.4 Å². The Bertz CT molecular complexity index is 1110. The van der Waals surface area contributed by atoms with Crippen molar-refractivity contribution >= 4 is 5.91 Å². The number of nitrogens with zero attached hydrogens (tertiary/aromatic N) is 1. The van der Waals surface area contributed by atoms with Gasteiger partial charge in [0.2, 0.25) is 0 Å². The van der Waals surface area contributed by atoms with Crippen molar-refractivity contribution in [2.24, 2.45) is 0 Å². The lowest BCUT2D eigenvalue weighted by molar-refractivity contribution is 0.0661. The molecule has 34 heavy (non-hydrogen) atoms. The normalized spacial score (nSPS) is 21.8. The molecule has 0 unspecified atom stereocenters. The molecule has 176 valence electrons. The minimum Gasteiger partial charge on any atom is -0.497 e. The molecule has 2 heterocycles. The van der Waals surface area contributed by atoms with Crippen molar-refractivity contribution < 1.29 is 14.3 Å². The highest BCUT2D eigenvalue weighted by Crippen LogP contribution is 2.36. The number of amides is 1. The number of hydrogen-bond acceptors (Lipinski definition) is 4. The largest absolute Gasteiger partial charge is 0.497 e. The molecule has 0 spiro atoms. The molecular weight excluding hydrogens is 424 g/mol. The first-order chi connectivity index (χ1) is 16.6. The van der Waals surface area contributed by atoms with Gasteiger partial charge in [0.1, 0.15) is 17.6 Å². The van der Waals surface area contributed by atoms with E-state index in [2.05, 4.69) is 17.3 Å². The first-order valence-electron chi connectivity index (χ1n) is 12.1. The topological polar surface area (TPSA) is 50.8 Å². The molecular formula is C29H32N2O3. The Kier molecular flexibility index (Phi) is 6.54. The quantitative estimate of drug-likeness (QED) is 0.524. The van der Waals surface area contributed by atoms with Crippen molar-refractivity contribution in [3.8, 4) is 22.6 Å². The van der Waals surface area contributed by atoms with Crippen LogP contribution in [0.3, 0.4) is 0 Å². The van der Waals surface area contributed by atoms with Gasteiger partial charge in [0.25, 0.3) is 5.91 Å². The van der Waals surface area contributed by atoms with Gasteiger partial charge >= 0.3 is 0 Å². The molecule has 3 aromatic rings. The van der Waals surface area contributed by atoms with Gasteiger partial charge in [-0.05, 0) is 85.8 Å². The van der Waals surface area contributed by atoms with Gasteiger partial charge in [0, 0.05) is 24.2 Å². The van der Waals surface area contributed by atoms with Crippen LogP contribution in [-0.2, 0) is 6.54 Å². The highest BCUT2D eigenvalue weighted by Gasteiger charge is 2.39. The molecule has 0 radical (unpaired) electrons. The van der Waals surface area contributed by atoms with Gasteiger partial charge in [-0.3, -0.25) is 4.79 Å². The number of carbonyl (C=O) groups excluding carboxylic acids is 1. The number of methoxy groups -OCH3 is 1. The molecule has 3 aromatic carbocycles. The van der Waals surface area contributed by atoms with E-state index < -0.39 is 0 Å². The molecule has 3 atom stereocenters. The number of nitrogens with one attached hydrogen (secondary N) is 1. The summed E-state index contributed by atoms with van der Waals surface area (Å²) < 4.78 is 11.6. The minimum absolute atomic E-state index is 0.0838. The van der Waals surface area contributed by atoms with Gasteiger partial charge in [-0.25, -0.2) is 0 Å². The number of carbonyl (C=O) groups is 1. The van der Waals surface area contributed by atoms with Gasteiger partial charge in [-0.15, -0.1) is 0 Å². The molecule has 2 bridgehead atoms. The molecule has 0 aliphatic carbocycles. The molecule has 2 aliphatic heterocycles. The number of rotatable bonds is 7. The van der Waals surface area contributed by atoms with Crippen LogP contribution in [0.1, 0.15) is 41.6 Å². The summed E-state index contributed by atoms with van der Waals surface area (Å²) in [6.45, 7) is 0.467. The lowest BCUT2D eigenvalue weighted by Gasteiger charge is -2.36. The molecule has 0 saturated carbocycles. The van der Waals surface area contributed by atoms with E-state index in [4.69, 9.17) is 9.47 Å². The second-order valence-electron chi connectivity index (χ2n) is 9.40. The molecule has 1 N–H and O–H groups in total. The maximum atomic E-state index is 12.7. The Morgan fingerprint density at radius 1 is 0.912 bits per heavy atom. The molecule has 5 heteroatoms. The molecule has 2 fully saturated rings. The summed E-state index contributed by atoms with van der Waals surface area (Å²) in [4.78, 5) is 15.2. The number of piperidine rings is 1. The molecule has 0 aromatic heterocycles. The summed E-state index contributed by atoms with van der Waals surface area (Å²) >= 11 is 0. The summed E-state index contributed by atoms with van der Waals surface area (Å²) in [5, 5.41) is 3.03. The molecule has 2 saturated heterocycles. The predicted octanol–water partition coefficient (Wildman–Crippen LogP) is 5.30. The van der Waals surface area contributed by atoms with Crippen LogP contribution < -0.4 is 14.8 Å². The van der Waals surface area contributed by atoms with E-state index in [0.29, 0.717) is 24.2 Å². The van der Waals surface area contributed by atoms with Gasteiger partial charge in [0.05, 0.1) is 7.11 Å². The lowest BCUT2D eigenvalue weighted by atomic mass is 10.0. The lowest BCUT2D eigenvalue weighted by Crippen LogP contribution is -2.43. The van der Waals surface area contributed by atoms with Crippen LogP contribution in [0, 0.1) is 0 Å². The van der Waals surface area contributed by atoms with Crippen molar-refractivity contribution in [1.82, 2.24) is 10.2 Å². The van der Waals surface area contributed by atoms with E-state index in [1.165, 1.54) is 12.8 Å². The van der Waals surface area contributed by atoms with Crippen LogP contribution in [0.4, 0.5) is 0 Å². The predicted molar refractivity (Wildman–Crippen MR) is 134 cm³/mol. The van der Waals surface area contributed by atoms with E-state index in [0.717, 1.165) is 41.0 Å². The van der Waals surface area contributed by atoms with Crippen LogP contribution in [0.25, 0.3) is 11.1 Å². The third kappa shape index (κ3) is 4.95. The summed E-state index contributed by atoms with van der Waals surface area (Å²) in [5.74, 6) is 1.64. The molecule has 5 nitrogen and oxygen atoms in total. The zero-order valence-electron chi connectivity index (χ0n) is 19.9. The standard InChI is InChI=1S/C29H32N2O3/c1-31-24-12-13-25(31)18-28(17-24)34-27-5-3-4-20(16-27)19-30-29(32)23-8-6-21(7-9-23)22-10-14-26(33-2)15-11-22/h3-11,14-16,24-25,28H,12-13,17-19H2,1-2H3,(H,30,32)/t24-,25+,28-. The second-order valence-corrected chi connectivity index (χ2v) is 9.40. The van der Waals surface area contributed by atoms with Crippen LogP contribution in [0.5, 0.6) is 11.5 Å². The van der Waals surface area contributed by atoms with Gasteiger partial charge in [-0.1, -0.05) is 36.4 Å². The monoisotopic (exact) mass is 456 g/mol. The SMILES string of the molecule is COc1ccc(-c2ccc(C(=O)NCc3cccc(O[C@@H]4C[C@H]5CC[C@@H](C4)N5C)c3)cc2)cc1. The average molecular weight is 457 g/mol. The summed E-state index contributed by atoms with van der Waals surface area (Å²) in [7, 11) is 3.90. The Labute approximate surface area is 201 Å². The Balaban J connectivity index is 1.16. The first kappa shape index (κ1) is 22.5. The highest BCUT2D eigenvalue weighted by molar-refractivity contribution is 5.94. The van der Waals surface area contributed by atoms with Gasteiger partial charge in [0.15, 0.2) is 0 Å². The smallest absolute Gasteiger partial charge is 0.251 e. The maximum Gasteiger partial charge on any atom is 0.251 e. The fourth-order valence-corrected chi connectivity index (χ4v) is 5.26. The number of hydrogen-bond donors (Lipinski definition) is 1. The maximum absolute atomic E-state index is 12.7. The van der Waals surface area contributed by atoms with E-state index in [9.17, 15) is 4.79 Å². The highest BCUT2D eigenvalue weighted by atomic mass is 16.5. The van der Waals surface area contributed by atoms with E-state index in [-0.39, 0.29) is 12.0 Å². The average Bonchev–Trinajstić information content (AvgIpc) is 3.07. The van der Waals surface area contributed by atoms with Crippen LogP contribution >= 0.6 is 0 Å². The van der Waals surface area contributed by atoms with Crippen LogP contribution in [0.15, 0.2) is 72.8 Å². The van der Waals surface area contributed by atoms with Gasteiger partial charge < -0.3 is 19.7 Å². The summed E-state index contributed by atoms with van der Waals surface area (Å²) in [5.41, 5.74) is 3.83. The fraction of sp³-hybridized carbons (Fsp3) is 0.345. The Morgan fingerprint density at radius 2 is 1.56 bits per heavy atom. The summed E-state index contributed by atoms with van der Waals surface area (Å²) in [6, 6.07) is 25.0. The van der Waals surface area contributed by atoms with Crippen molar-refractivity contribution in [2.75, 3.05) is 14.2 Å². The third-order valence-corrected chi connectivity index (χ3v) is 7.28. The van der Waals surface area contributed by atoms with Gasteiger partial charge in [-0.2, -0.15) is 0 Å². The van der Waals surface area contributed by atoms with Crippen molar-refractivity contribution in [3.63, 3.8) is 0 Å². The fourth-order valence-electron chi connectivity index (χ4n) is 5.26. The second kappa shape index (κ2) is 9.90. The Morgan fingerprint density at radius 3 is 2.21 bits per heavy atom. The number of fused-ring (bicyclic) bond motifs is 2. The minimum atomic E-state index is -0.0838. The van der Waals surface area contributed by atoms with E-state index in [1.54, 1.807) is 7.11 Å². The first-order valence-corrected chi connectivity index (χ1v) is 12.1. The zero-order chi connectivity index (χ0) is 23.5. The third-order valence-electron chi connectivity index (χ3n) is 7.28. The summed E-state index contributed by atoms with van der Waals surface area (Å²) in [6.07, 6.45) is 5.05. The molecule has 1 amide bonds. The van der Waals surface area contributed by atoms with Crippen molar-refractivity contribution in [3.05, 3.63) is 83.9 Å². The zero-order valence-corrected chi connectivity index (χ0v) is 19.9. The van der Waals surface area contributed by atoms with Crippen LogP contribution in [-0.4, -0.2) is 43.2 Å².